The van der Waals surface area contributed by atoms with Crippen molar-refractivity contribution in [1.82, 2.24) is 4.90 Å². The first-order chi connectivity index (χ1) is 13.5. The molecule has 2 heterocycles. The van der Waals surface area contributed by atoms with Crippen molar-refractivity contribution >= 4 is 5.97 Å². The number of esters is 1. The van der Waals surface area contributed by atoms with E-state index in [4.69, 9.17) is 19.9 Å². The van der Waals surface area contributed by atoms with Crippen LogP contribution in [-0.2, 0) is 25.5 Å². The van der Waals surface area contributed by atoms with Crippen LogP contribution in [0.2, 0.25) is 0 Å². The standard InChI is InChI=1S/C21H25N3O4/c1-3-27-21(25)18-14(2)28-20(23)17(12-22)19(18)16-6-4-5-15(11-16)13-24-7-9-26-10-8-24/h4-6,11,19H,3,7-10,13,23H2,1-2H3. The molecule has 3 rings (SSSR count). The summed E-state index contributed by atoms with van der Waals surface area (Å²) < 4.78 is 16.1. The van der Waals surface area contributed by atoms with Crippen LogP contribution in [0, 0.1) is 11.3 Å². The number of nitrogens with zero attached hydrogens (tertiary/aromatic N) is 2. The smallest absolute Gasteiger partial charge is 0.338 e. The quantitative estimate of drug-likeness (QED) is 0.778. The van der Waals surface area contributed by atoms with E-state index in [1.807, 2.05) is 24.3 Å². The number of ether oxygens (including phenoxy) is 3. The highest BCUT2D eigenvalue weighted by atomic mass is 16.5. The molecule has 7 heteroatoms. The lowest BCUT2D eigenvalue weighted by atomic mass is 9.82. The average molecular weight is 383 g/mol. The van der Waals surface area contributed by atoms with E-state index in [1.54, 1.807) is 13.8 Å². The molecule has 0 saturated carbocycles. The predicted octanol–water partition coefficient (Wildman–Crippen LogP) is 2.16. The summed E-state index contributed by atoms with van der Waals surface area (Å²) in [5.41, 5.74) is 8.41. The minimum absolute atomic E-state index is 0.0247. The van der Waals surface area contributed by atoms with Crippen LogP contribution >= 0.6 is 0 Å². The highest BCUT2D eigenvalue weighted by Gasteiger charge is 2.36. The molecule has 28 heavy (non-hydrogen) atoms. The zero-order valence-electron chi connectivity index (χ0n) is 16.2. The van der Waals surface area contributed by atoms with Crippen LogP contribution in [0.25, 0.3) is 0 Å². The fourth-order valence-electron chi connectivity index (χ4n) is 3.58. The third-order valence-electron chi connectivity index (χ3n) is 4.90. The molecule has 0 aromatic heterocycles. The van der Waals surface area contributed by atoms with E-state index in [2.05, 4.69) is 11.0 Å². The predicted molar refractivity (Wildman–Crippen MR) is 103 cm³/mol. The Kier molecular flexibility index (Phi) is 6.34. The number of carbonyl (C=O) groups is 1. The van der Waals surface area contributed by atoms with Crippen LogP contribution in [0.1, 0.15) is 30.9 Å². The summed E-state index contributed by atoms with van der Waals surface area (Å²) in [5, 5.41) is 9.67. The van der Waals surface area contributed by atoms with Crippen LogP contribution in [0.3, 0.4) is 0 Å². The molecule has 1 unspecified atom stereocenters. The summed E-state index contributed by atoms with van der Waals surface area (Å²) in [5.74, 6) is -0.721. The fraction of sp³-hybridized carbons (Fsp3) is 0.429. The topological polar surface area (TPSA) is 97.8 Å². The maximum absolute atomic E-state index is 12.6. The normalized spacial score (nSPS) is 20.5. The Hall–Kier alpha value is -2.82. The lowest BCUT2D eigenvalue weighted by Gasteiger charge is -2.28. The number of allylic oxidation sites excluding steroid dienone is 2. The molecule has 0 bridgehead atoms. The zero-order chi connectivity index (χ0) is 20.1. The van der Waals surface area contributed by atoms with Gasteiger partial charge in [-0.05, 0) is 25.0 Å². The number of rotatable bonds is 5. The first-order valence-corrected chi connectivity index (χ1v) is 9.39. The van der Waals surface area contributed by atoms with Gasteiger partial charge in [-0.25, -0.2) is 4.79 Å². The largest absolute Gasteiger partial charge is 0.463 e. The van der Waals surface area contributed by atoms with Gasteiger partial charge in [-0.15, -0.1) is 0 Å². The molecular weight excluding hydrogens is 358 g/mol. The summed E-state index contributed by atoms with van der Waals surface area (Å²) in [4.78, 5) is 14.9. The van der Waals surface area contributed by atoms with Gasteiger partial charge in [-0.2, -0.15) is 5.26 Å². The van der Waals surface area contributed by atoms with Crippen molar-refractivity contribution < 1.29 is 19.0 Å². The third kappa shape index (κ3) is 4.19. The van der Waals surface area contributed by atoms with E-state index in [-0.39, 0.29) is 18.1 Å². The Morgan fingerprint density at radius 3 is 2.82 bits per heavy atom. The third-order valence-corrected chi connectivity index (χ3v) is 4.90. The Balaban J connectivity index is 1.97. The van der Waals surface area contributed by atoms with E-state index in [0.29, 0.717) is 11.3 Å². The molecule has 0 aliphatic carbocycles. The summed E-state index contributed by atoms with van der Waals surface area (Å²) >= 11 is 0. The molecule has 2 aliphatic rings. The van der Waals surface area contributed by atoms with E-state index >= 15 is 0 Å². The molecule has 0 amide bonds. The number of hydrogen-bond acceptors (Lipinski definition) is 7. The van der Waals surface area contributed by atoms with Gasteiger partial charge in [0.2, 0.25) is 5.88 Å². The van der Waals surface area contributed by atoms with Crippen LogP contribution < -0.4 is 5.73 Å². The summed E-state index contributed by atoms with van der Waals surface area (Å²) in [6.07, 6.45) is 0. The zero-order valence-corrected chi connectivity index (χ0v) is 16.2. The second kappa shape index (κ2) is 8.91. The van der Waals surface area contributed by atoms with Gasteiger partial charge >= 0.3 is 5.97 Å². The van der Waals surface area contributed by atoms with Crippen molar-refractivity contribution in [1.29, 1.82) is 5.26 Å². The molecule has 2 N–H and O–H groups in total. The molecule has 148 valence electrons. The molecule has 1 fully saturated rings. The number of morpholine rings is 1. The highest BCUT2D eigenvalue weighted by Crippen LogP contribution is 2.39. The van der Waals surface area contributed by atoms with Crippen LogP contribution in [0.15, 0.2) is 47.1 Å². The van der Waals surface area contributed by atoms with Crippen LogP contribution in [0.4, 0.5) is 0 Å². The van der Waals surface area contributed by atoms with Gasteiger partial charge in [0.15, 0.2) is 0 Å². The first kappa shape index (κ1) is 19.9. The molecule has 2 aliphatic heterocycles. The van der Waals surface area contributed by atoms with Crippen LogP contribution in [-0.4, -0.2) is 43.8 Å². The first-order valence-electron chi connectivity index (χ1n) is 9.39. The van der Waals surface area contributed by atoms with Gasteiger partial charge in [0.05, 0.1) is 31.3 Å². The van der Waals surface area contributed by atoms with E-state index in [0.717, 1.165) is 44.0 Å². The minimum atomic E-state index is -0.609. The molecular formula is C21H25N3O4. The van der Waals surface area contributed by atoms with E-state index in [1.165, 1.54) is 0 Å². The maximum atomic E-state index is 12.6. The average Bonchev–Trinajstić information content (AvgIpc) is 2.68. The molecule has 1 aromatic rings. The molecule has 0 spiro atoms. The molecule has 1 aromatic carbocycles. The monoisotopic (exact) mass is 383 g/mol. The van der Waals surface area contributed by atoms with Crippen molar-refractivity contribution in [3.8, 4) is 6.07 Å². The van der Waals surface area contributed by atoms with E-state index < -0.39 is 11.9 Å². The second-order valence-electron chi connectivity index (χ2n) is 6.75. The van der Waals surface area contributed by atoms with Gasteiger partial charge in [0.1, 0.15) is 17.4 Å². The van der Waals surface area contributed by atoms with Gasteiger partial charge in [-0.1, -0.05) is 24.3 Å². The van der Waals surface area contributed by atoms with Gasteiger partial charge < -0.3 is 19.9 Å². The second-order valence-corrected chi connectivity index (χ2v) is 6.75. The SMILES string of the molecule is CCOC(=O)C1=C(C)OC(N)=C(C#N)C1c1cccc(CN2CCOCC2)c1. The summed E-state index contributed by atoms with van der Waals surface area (Å²) in [6.45, 7) is 7.64. The van der Waals surface area contributed by atoms with Crippen molar-refractivity contribution in [2.45, 2.75) is 26.3 Å². The molecule has 1 atom stereocenters. The number of carbonyl (C=O) groups excluding carboxylic acids is 1. The van der Waals surface area contributed by atoms with Gasteiger partial charge in [0, 0.05) is 19.6 Å². The Morgan fingerprint density at radius 1 is 1.39 bits per heavy atom. The molecule has 0 radical (unpaired) electrons. The highest BCUT2D eigenvalue weighted by molar-refractivity contribution is 5.92. The lowest BCUT2D eigenvalue weighted by molar-refractivity contribution is -0.139. The maximum Gasteiger partial charge on any atom is 0.338 e. The van der Waals surface area contributed by atoms with Crippen LogP contribution in [0.5, 0.6) is 0 Å². The number of nitriles is 1. The van der Waals surface area contributed by atoms with Crippen molar-refractivity contribution in [3.63, 3.8) is 0 Å². The van der Waals surface area contributed by atoms with Crippen molar-refractivity contribution in [2.75, 3.05) is 32.9 Å². The molecule has 1 saturated heterocycles. The minimum Gasteiger partial charge on any atom is -0.463 e. The fourth-order valence-corrected chi connectivity index (χ4v) is 3.58. The summed E-state index contributed by atoms with van der Waals surface area (Å²) in [6, 6.07) is 10.0. The van der Waals surface area contributed by atoms with Crippen molar-refractivity contribution in [3.05, 3.63) is 58.2 Å². The number of nitrogens with two attached hydrogens (primary N) is 1. The number of hydrogen-bond donors (Lipinski definition) is 1. The van der Waals surface area contributed by atoms with Gasteiger partial charge in [0.25, 0.3) is 0 Å². The summed E-state index contributed by atoms with van der Waals surface area (Å²) in [7, 11) is 0. The lowest BCUT2D eigenvalue weighted by Crippen LogP contribution is -2.35. The Morgan fingerprint density at radius 2 is 2.14 bits per heavy atom. The Labute approximate surface area is 165 Å². The van der Waals surface area contributed by atoms with Crippen molar-refractivity contribution in [2.24, 2.45) is 5.73 Å². The Bertz CT molecular complexity index is 847. The van der Waals surface area contributed by atoms with E-state index in [9.17, 15) is 10.1 Å². The number of benzene rings is 1. The molecule has 7 nitrogen and oxygen atoms in total. The van der Waals surface area contributed by atoms with Gasteiger partial charge in [-0.3, -0.25) is 4.90 Å².